The lowest BCUT2D eigenvalue weighted by atomic mass is 10.1. The largest absolute Gasteiger partial charge is 0.495 e. The molecule has 0 saturated carbocycles. The molecule has 1 aliphatic rings. The van der Waals surface area contributed by atoms with Gasteiger partial charge in [0.2, 0.25) is 0 Å². The summed E-state index contributed by atoms with van der Waals surface area (Å²) < 4.78 is 7.51. The Morgan fingerprint density at radius 1 is 0.966 bits per heavy atom. The first-order valence-corrected chi connectivity index (χ1v) is 10.00. The van der Waals surface area contributed by atoms with E-state index in [9.17, 15) is 4.79 Å². The second kappa shape index (κ2) is 8.03. The van der Waals surface area contributed by atoms with E-state index in [1.54, 1.807) is 7.11 Å². The zero-order chi connectivity index (χ0) is 20.4. The number of methoxy groups -OCH3 is 1. The molecule has 1 fully saturated rings. The van der Waals surface area contributed by atoms with Gasteiger partial charge >= 0.3 is 0 Å². The maximum absolute atomic E-state index is 13.3. The third kappa shape index (κ3) is 3.60. The van der Waals surface area contributed by atoms with Crippen LogP contribution >= 0.6 is 0 Å². The fraction of sp³-hybridized carbons (Fsp3) is 0.292. The van der Waals surface area contributed by atoms with Crippen molar-refractivity contribution in [1.82, 2.24) is 9.47 Å². The van der Waals surface area contributed by atoms with Crippen molar-refractivity contribution in [3.05, 3.63) is 72.4 Å². The Morgan fingerprint density at radius 3 is 2.41 bits per heavy atom. The van der Waals surface area contributed by atoms with Crippen molar-refractivity contribution in [2.24, 2.45) is 7.05 Å². The summed E-state index contributed by atoms with van der Waals surface area (Å²) in [6.45, 7) is 4.36. The lowest BCUT2D eigenvalue weighted by molar-refractivity contribution is 0.0664. The van der Waals surface area contributed by atoms with Crippen LogP contribution in [0.4, 0.5) is 5.69 Å². The van der Waals surface area contributed by atoms with Crippen LogP contribution in [0.3, 0.4) is 0 Å². The maximum atomic E-state index is 13.3. The summed E-state index contributed by atoms with van der Waals surface area (Å²) in [5, 5.41) is 0. The molecule has 2 aromatic carbocycles. The number of amides is 1. The average molecular weight is 389 g/mol. The fourth-order valence-corrected chi connectivity index (χ4v) is 4.14. The quantitative estimate of drug-likeness (QED) is 0.676. The first-order chi connectivity index (χ1) is 14.1. The number of carbonyl (C=O) groups is 1. The predicted molar refractivity (Wildman–Crippen MR) is 117 cm³/mol. The molecule has 1 unspecified atom stereocenters. The van der Waals surface area contributed by atoms with Gasteiger partial charge in [-0.15, -0.1) is 0 Å². The number of aromatic nitrogens is 1. The van der Waals surface area contributed by atoms with Gasteiger partial charge in [0.25, 0.3) is 5.91 Å². The maximum Gasteiger partial charge on any atom is 0.270 e. The van der Waals surface area contributed by atoms with E-state index in [4.69, 9.17) is 4.74 Å². The number of benzene rings is 2. The molecule has 0 spiro atoms. The molecule has 29 heavy (non-hydrogen) atoms. The Balaban J connectivity index is 1.52. The molecule has 0 N–H and O–H groups in total. The van der Waals surface area contributed by atoms with Crippen LogP contribution in [0.25, 0.3) is 11.3 Å². The summed E-state index contributed by atoms with van der Waals surface area (Å²) in [4.78, 5) is 17.6. The van der Waals surface area contributed by atoms with Gasteiger partial charge in [0.05, 0.1) is 12.8 Å². The van der Waals surface area contributed by atoms with Crippen LogP contribution in [0.15, 0.2) is 66.7 Å². The van der Waals surface area contributed by atoms with Gasteiger partial charge in [0.1, 0.15) is 11.4 Å². The number of hydrogen-bond acceptors (Lipinski definition) is 3. The smallest absolute Gasteiger partial charge is 0.270 e. The van der Waals surface area contributed by atoms with Crippen molar-refractivity contribution in [3.63, 3.8) is 0 Å². The van der Waals surface area contributed by atoms with E-state index >= 15 is 0 Å². The lowest BCUT2D eigenvalue weighted by Crippen LogP contribution is -2.54. The summed E-state index contributed by atoms with van der Waals surface area (Å²) in [5.41, 5.74) is 3.97. The van der Waals surface area contributed by atoms with Crippen molar-refractivity contribution in [1.29, 1.82) is 0 Å². The molecule has 1 aromatic heterocycles. The normalized spacial score (nSPS) is 16.7. The molecule has 150 valence electrons. The number of ether oxygens (including phenoxy) is 1. The van der Waals surface area contributed by atoms with Gasteiger partial charge in [-0.3, -0.25) is 4.79 Å². The van der Waals surface area contributed by atoms with E-state index in [1.807, 2.05) is 65.0 Å². The molecule has 4 rings (SSSR count). The fourth-order valence-electron chi connectivity index (χ4n) is 4.14. The van der Waals surface area contributed by atoms with E-state index in [1.165, 1.54) is 0 Å². The Hall–Kier alpha value is -3.21. The molecule has 3 aromatic rings. The topological polar surface area (TPSA) is 37.7 Å². The van der Waals surface area contributed by atoms with Crippen molar-refractivity contribution in [2.45, 2.75) is 13.0 Å². The molecule has 0 aliphatic carbocycles. The minimum absolute atomic E-state index is 0.0851. The molecule has 0 bridgehead atoms. The Kier molecular flexibility index (Phi) is 5.30. The molecule has 1 saturated heterocycles. The Morgan fingerprint density at radius 2 is 1.69 bits per heavy atom. The molecule has 1 aliphatic heterocycles. The van der Waals surface area contributed by atoms with E-state index < -0.39 is 0 Å². The van der Waals surface area contributed by atoms with E-state index in [2.05, 4.69) is 30.0 Å². The molecule has 1 amide bonds. The second-order valence-corrected chi connectivity index (χ2v) is 7.49. The zero-order valence-corrected chi connectivity index (χ0v) is 17.2. The Labute approximate surface area is 172 Å². The van der Waals surface area contributed by atoms with Gasteiger partial charge in [-0.05, 0) is 36.8 Å². The highest BCUT2D eigenvalue weighted by Gasteiger charge is 2.30. The Bertz CT molecular complexity index is 996. The minimum atomic E-state index is 0.0851. The average Bonchev–Trinajstić information content (AvgIpc) is 3.15. The number of carbonyl (C=O) groups excluding carboxylic acids is 1. The second-order valence-electron chi connectivity index (χ2n) is 7.49. The van der Waals surface area contributed by atoms with Crippen LogP contribution in [0.5, 0.6) is 5.75 Å². The number of para-hydroxylation sites is 2. The van der Waals surface area contributed by atoms with E-state index in [0.717, 1.165) is 41.5 Å². The third-order valence-electron chi connectivity index (χ3n) is 5.72. The van der Waals surface area contributed by atoms with E-state index in [-0.39, 0.29) is 11.9 Å². The van der Waals surface area contributed by atoms with Gasteiger partial charge in [0.15, 0.2) is 0 Å². The van der Waals surface area contributed by atoms with Gasteiger partial charge in [0, 0.05) is 38.4 Å². The highest BCUT2D eigenvalue weighted by molar-refractivity contribution is 5.94. The summed E-state index contributed by atoms with van der Waals surface area (Å²) in [6, 6.07) is 22.3. The number of piperazine rings is 1. The third-order valence-corrected chi connectivity index (χ3v) is 5.72. The molecular formula is C24H27N3O2. The molecule has 1 atom stereocenters. The summed E-state index contributed by atoms with van der Waals surface area (Å²) in [7, 11) is 3.66. The van der Waals surface area contributed by atoms with Crippen LogP contribution < -0.4 is 9.64 Å². The van der Waals surface area contributed by atoms with Gasteiger partial charge < -0.3 is 19.1 Å². The predicted octanol–water partition coefficient (Wildman–Crippen LogP) is 4.05. The van der Waals surface area contributed by atoms with Crippen LogP contribution in [0.1, 0.15) is 17.4 Å². The number of nitrogens with zero attached hydrogens (tertiary/aromatic N) is 3. The first kappa shape index (κ1) is 19.1. The van der Waals surface area contributed by atoms with Crippen molar-refractivity contribution < 1.29 is 9.53 Å². The SMILES string of the molecule is COc1ccccc1N1CCN(C(=O)c2ccc(-c3ccccc3)n2C)C(C)C1. The molecule has 2 heterocycles. The van der Waals surface area contributed by atoms with Crippen molar-refractivity contribution in [2.75, 3.05) is 31.6 Å². The highest BCUT2D eigenvalue weighted by Crippen LogP contribution is 2.30. The van der Waals surface area contributed by atoms with E-state index in [0.29, 0.717) is 6.54 Å². The summed E-state index contributed by atoms with van der Waals surface area (Å²) >= 11 is 0. The van der Waals surface area contributed by atoms with Crippen LogP contribution in [-0.4, -0.2) is 48.2 Å². The van der Waals surface area contributed by atoms with Gasteiger partial charge in [-0.2, -0.15) is 0 Å². The molecular weight excluding hydrogens is 362 g/mol. The number of anilines is 1. The highest BCUT2D eigenvalue weighted by atomic mass is 16.5. The van der Waals surface area contributed by atoms with Crippen LogP contribution in [0.2, 0.25) is 0 Å². The number of hydrogen-bond donors (Lipinski definition) is 0. The van der Waals surface area contributed by atoms with Gasteiger partial charge in [-0.1, -0.05) is 42.5 Å². The number of rotatable bonds is 4. The first-order valence-electron chi connectivity index (χ1n) is 10.00. The molecule has 0 radical (unpaired) electrons. The summed E-state index contributed by atoms with van der Waals surface area (Å²) in [5.74, 6) is 0.955. The monoisotopic (exact) mass is 389 g/mol. The van der Waals surface area contributed by atoms with Crippen molar-refractivity contribution >= 4 is 11.6 Å². The molecule has 5 nitrogen and oxygen atoms in total. The minimum Gasteiger partial charge on any atom is -0.495 e. The summed E-state index contributed by atoms with van der Waals surface area (Å²) in [6.07, 6.45) is 0. The lowest BCUT2D eigenvalue weighted by Gasteiger charge is -2.41. The standard InChI is InChI=1S/C24H27N3O2/c1-18-17-26(21-11-7-8-12-23(21)29-3)15-16-27(18)24(28)22-14-13-20(25(22)2)19-9-5-4-6-10-19/h4-14,18H,15-17H2,1-3H3. The van der Waals surface area contributed by atoms with Crippen molar-refractivity contribution in [3.8, 4) is 17.0 Å². The zero-order valence-electron chi connectivity index (χ0n) is 17.2. The molecule has 5 heteroatoms. The van der Waals surface area contributed by atoms with Gasteiger partial charge in [-0.25, -0.2) is 0 Å². The van der Waals surface area contributed by atoms with Crippen LogP contribution in [-0.2, 0) is 7.05 Å². The van der Waals surface area contributed by atoms with Crippen LogP contribution in [0, 0.1) is 0 Å².